The largest absolute Gasteiger partial charge is 0.509 e. The first-order chi connectivity index (χ1) is 36.0. The maximum absolute atomic E-state index is 8.60. The Kier molecular flexibility index (Phi) is 11.1. The molecule has 0 saturated carbocycles. The molecule has 72 heavy (non-hydrogen) atoms. The summed E-state index contributed by atoms with van der Waals surface area (Å²) in [4.78, 5) is 4.87. The fourth-order valence-electron chi connectivity index (χ4n) is 9.77. The van der Waals surface area contributed by atoms with Crippen LogP contribution in [0.5, 0.6) is 11.5 Å². The first-order valence-corrected chi connectivity index (χ1v) is 24.6. The summed E-state index contributed by atoms with van der Waals surface area (Å²) >= 11 is 0. The van der Waals surface area contributed by atoms with Gasteiger partial charge in [-0.25, -0.2) is 9.55 Å². The van der Waals surface area contributed by atoms with Gasteiger partial charge >= 0.3 is 0 Å². The van der Waals surface area contributed by atoms with Gasteiger partial charge in [0.05, 0.1) is 0 Å². The van der Waals surface area contributed by atoms with Crippen molar-refractivity contribution in [2.45, 2.75) is 118 Å². The fourth-order valence-corrected chi connectivity index (χ4v) is 9.77. The molecule has 0 aliphatic carbocycles. The van der Waals surface area contributed by atoms with Crippen molar-refractivity contribution in [2.75, 3.05) is 0 Å². The van der Waals surface area contributed by atoms with Gasteiger partial charge in [-0.2, -0.15) is 16.7 Å². The van der Waals surface area contributed by atoms with E-state index in [0.717, 1.165) is 55.5 Å². The maximum Gasteiger partial charge on any atom is 0.253 e. The number of aromatic nitrogens is 4. The molecule has 10 aromatic rings. The molecule has 0 saturated heterocycles. The van der Waals surface area contributed by atoms with E-state index in [1.165, 1.54) is 34.9 Å². The molecule has 5 nitrogen and oxygen atoms in total. The number of aryl methyl sites for hydroxylation is 2. The predicted octanol–water partition coefficient (Wildman–Crippen LogP) is 16.9. The van der Waals surface area contributed by atoms with Gasteiger partial charge in [0.25, 0.3) is 6.33 Å². The maximum atomic E-state index is 8.60. The van der Waals surface area contributed by atoms with E-state index in [4.69, 9.17) is 17.9 Å². The normalized spacial score (nSPS) is 14.1. The SMILES string of the molecule is [2H]C([2H])([2H])c1cccc(C([2H])([2H])[2H])c1-c1ccc2c(c1)n(-c1[c-]c(Oc3[c-]c4c(cc3)c3ccccc3n4-c3cc(C(C)(C)C)ccn3)ccc1)c[n+]2-c1c(-c2cc(C(C)(C)C)cc(C(C)(C)C)c2)cccc1C(C)(C)C.[Pt]. The van der Waals surface area contributed by atoms with Crippen LogP contribution >= 0.6 is 0 Å². The molecular weight excluding hydrogens is 1060 g/mol. The van der Waals surface area contributed by atoms with Gasteiger partial charge in [-0.05, 0) is 122 Å². The molecular formula is C66H67N4OPt-. The summed E-state index contributed by atoms with van der Waals surface area (Å²) in [6.45, 7) is 21.6. The van der Waals surface area contributed by atoms with Crippen LogP contribution in [0.4, 0.5) is 0 Å². The zero-order valence-electron chi connectivity index (χ0n) is 49.4. The van der Waals surface area contributed by atoms with Crippen LogP contribution in [-0.2, 0) is 42.7 Å². The number of nitrogens with zero attached hydrogens (tertiary/aromatic N) is 4. The third-order valence-corrected chi connectivity index (χ3v) is 13.8. The molecule has 0 unspecified atom stereocenters. The summed E-state index contributed by atoms with van der Waals surface area (Å²) in [6, 6.07) is 53.3. The first-order valence-electron chi connectivity index (χ1n) is 27.6. The Hall–Kier alpha value is -6.55. The molecule has 0 N–H and O–H groups in total. The minimum absolute atomic E-state index is 0. The molecule has 3 heterocycles. The van der Waals surface area contributed by atoms with E-state index < -0.39 is 13.7 Å². The van der Waals surface area contributed by atoms with E-state index in [1.54, 1.807) is 0 Å². The Bertz CT molecular complexity index is 3860. The van der Waals surface area contributed by atoms with Crippen molar-refractivity contribution < 1.29 is 38.6 Å². The summed E-state index contributed by atoms with van der Waals surface area (Å²) in [5.41, 5.74) is 11.8. The quantitative estimate of drug-likeness (QED) is 0.118. The Balaban J connectivity index is 0.00000740. The summed E-state index contributed by atoms with van der Waals surface area (Å²) < 4.78 is 64.8. The van der Waals surface area contributed by atoms with Crippen molar-refractivity contribution in [1.82, 2.24) is 14.1 Å². The molecule has 7 aromatic carbocycles. The third-order valence-electron chi connectivity index (χ3n) is 13.8. The molecule has 0 radical (unpaired) electrons. The molecule has 0 spiro atoms. The van der Waals surface area contributed by atoms with Crippen molar-refractivity contribution in [3.05, 3.63) is 198 Å². The van der Waals surface area contributed by atoms with E-state index in [-0.39, 0.29) is 59.4 Å². The van der Waals surface area contributed by atoms with E-state index in [2.05, 4.69) is 177 Å². The van der Waals surface area contributed by atoms with Crippen molar-refractivity contribution >= 4 is 32.8 Å². The number of rotatable bonds is 7. The zero-order valence-corrected chi connectivity index (χ0v) is 45.7. The molecule has 368 valence electrons. The van der Waals surface area contributed by atoms with Crippen LogP contribution in [0, 0.1) is 25.8 Å². The van der Waals surface area contributed by atoms with Gasteiger partial charge in [0, 0.05) is 69.3 Å². The topological polar surface area (TPSA) is 35.9 Å². The van der Waals surface area contributed by atoms with Crippen LogP contribution in [0.2, 0.25) is 0 Å². The molecule has 6 heteroatoms. The smallest absolute Gasteiger partial charge is 0.253 e. The average molecular weight is 1130 g/mol. The van der Waals surface area contributed by atoms with Gasteiger partial charge in [0.2, 0.25) is 0 Å². The number of hydrogen-bond acceptors (Lipinski definition) is 2. The first kappa shape index (κ1) is 43.1. The summed E-state index contributed by atoms with van der Waals surface area (Å²) in [5, 5.41) is 2.10. The Morgan fingerprint density at radius 2 is 1.22 bits per heavy atom. The van der Waals surface area contributed by atoms with Crippen LogP contribution in [0.1, 0.15) is 125 Å². The number of imidazole rings is 1. The van der Waals surface area contributed by atoms with Gasteiger partial charge < -0.3 is 9.30 Å². The summed E-state index contributed by atoms with van der Waals surface area (Å²) in [5.74, 6) is 1.73. The fraction of sp³-hybridized carbons (Fsp3) is 0.273. The van der Waals surface area contributed by atoms with Crippen LogP contribution in [0.15, 0.2) is 152 Å². The molecule has 3 aromatic heterocycles. The molecule has 0 aliphatic heterocycles. The number of benzene rings is 7. The van der Waals surface area contributed by atoms with E-state index >= 15 is 0 Å². The van der Waals surface area contributed by atoms with Gasteiger partial charge in [0.1, 0.15) is 11.5 Å². The predicted molar refractivity (Wildman–Crippen MR) is 296 cm³/mol. The Morgan fingerprint density at radius 3 is 1.90 bits per heavy atom. The van der Waals surface area contributed by atoms with Gasteiger partial charge in [0.15, 0.2) is 11.0 Å². The van der Waals surface area contributed by atoms with Crippen LogP contribution in [0.25, 0.3) is 72.3 Å². The number of hydrogen-bond donors (Lipinski definition) is 0. The Labute approximate surface area is 450 Å². The Morgan fingerprint density at radius 1 is 0.556 bits per heavy atom. The molecule has 0 amide bonds. The van der Waals surface area contributed by atoms with Gasteiger partial charge in [-0.3, -0.25) is 0 Å². The monoisotopic (exact) mass is 1130 g/mol. The third kappa shape index (κ3) is 9.38. The van der Waals surface area contributed by atoms with Crippen LogP contribution < -0.4 is 9.30 Å². The second-order valence-corrected chi connectivity index (χ2v) is 23.1. The van der Waals surface area contributed by atoms with Crippen molar-refractivity contribution in [3.63, 3.8) is 0 Å². The van der Waals surface area contributed by atoms with Crippen LogP contribution in [-0.4, -0.2) is 14.1 Å². The van der Waals surface area contributed by atoms with Gasteiger partial charge in [-0.15, -0.1) is 29.7 Å². The summed E-state index contributed by atoms with van der Waals surface area (Å²) in [6.07, 6.45) is 3.93. The second kappa shape index (κ2) is 18.5. The van der Waals surface area contributed by atoms with Crippen molar-refractivity contribution in [3.8, 4) is 50.9 Å². The zero-order chi connectivity index (χ0) is 55.4. The van der Waals surface area contributed by atoms with E-state index in [0.29, 0.717) is 28.3 Å². The van der Waals surface area contributed by atoms with E-state index in [1.807, 2.05) is 65.4 Å². The number of fused-ring (bicyclic) bond motifs is 4. The molecule has 0 aliphatic rings. The van der Waals surface area contributed by atoms with E-state index in [9.17, 15) is 0 Å². The number of para-hydroxylation sites is 2. The molecule has 0 fully saturated rings. The van der Waals surface area contributed by atoms with Crippen molar-refractivity contribution in [2.24, 2.45) is 0 Å². The minimum atomic E-state index is -2.59. The van der Waals surface area contributed by atoms with Crippen LogP contribution in [0.3, 0.4) is 0 Å². The average Bonchev–Trinajstić information content (AvgIpc) is 3.95. The summed E-state index contributed by atoms with van der Waals surface area (Å²) in [7, 11) is 0. The standard InChI is InChI=1S/C66H67N4O.Pt/c1-42-20-17-21-43(2)61(42)44-28-31-57-59(36-44)68(41-69(57)62-52(25-19-26-55(62)66(12,13)14)45-34-47(64(6,7)8)37-48(35-45)65(9,10)11)49-22-18-23-50(39-49)71-51-29-30-54-53-24-15-16-27-56(53)70(58(54)40-51)60-38-46(32-33-67-60)63(3,4)5;/h15-38,41H,1-14H3;/q-1;/i1D3,2D3;. The molecule has 0 bridgehead atoms. The second-order valence-electron chi connectivity index (χ2n) is 23.1. The number of pyridine rings is 1. The molecule has 0 atom stereocenters. The molecule has 10 rings (SSSR count). The minimum Gasteiger partial charge on any atom is -0.509 e. The van der Waals surface area contributed by atoms with Gasteiger partial charge in [-0.1, -0.05) is 167 Å². The van der Waals surface area contributed by atoms with Crippen molar-refractivity contribution in [1.29, 1.82) is 0 Å². The number of ether oxygens (including phenoxy) is 1.